The van der Waals surface area contributed by atoms with Crippen molar-refractivity contribution in [3.63, 3.8) is 0 Å². The summed E-state index contributed by atoms with van der Waals surface area (Å²) in [5.74, 6) is -0.457. The highest BCUT2D eigenvalue weighted by atomic mass is 19.3. The van der Waals surface area contributed by atoms with E-state index >= 15 is 0 Å². The minimum atomic E-state index is -2.50. The van der Waals surface area contributed by atoms with Crippen LogP contribution in [0.3, 0.4) is 0 Å². The van der Waals surface area contributed by atoms with Gasteiger partial charge in [-0.3, -0.25) is 0 Å². The van der Waals surface area contributed by atoms with Gasteiger partial charge in [0.2, 0.25) is 0 Å². The van der Waals surface area contributed by atoms with Gasteiger partial charge in [0, 0.05) is 12.0 Å². The Balaban J connectivity index is 1.94. The molecule has 1 aromatic heterocycles. The zero-order valence-corrected chi connectivity index (χ0v) is 10.8. The Morgan fingerprint density at radius 1 is 1.33 bits per heavy atom. The maximum absolute atomic E-state index is 11.9. The second kappa shape index (κ2) is 6.89. The third-order valence-electron chi connectivity index (χ3n) is 2.56. The monoisotopic (exact) mass is 298 g/mol. The highest BCUT2D eigenvalue weighted by Gasteiger charge is 2.10. The van der Waals surface area contributed by atoms with Gasteiger partial charge in [-0.1, -0.05) is 5.16 Å². The highest BCUT2D eigenvalue weighted by Crippen LogP contribution is 2.18. The van der Waals surface area contributed by atoms with Gasteiger partial charge in [0.05, 0.1) is 12.2 Å². The molecule has 0 radical (unpaired) electrons. The zero-order valence-electron chi connectivity index (χ0n) is 10.8. The molecule has 6 nitrogen and oxygen atoms in total. The van der Waals surface area contributed by atoms with Crippen LogP contribution in [-0.2, 0) is 11.2 Å². The van der Waals surface area contributed by atoms with Gasteiger partial charge in [-0.15, -0.1) is 0 Å². The van der Waals surface area contributed by atoms with Crippen molar-refractivity contribution in [2.45, 2.75) is 12.8 Å². The van der Waals surface area contributed by atoms with Crippen molar-refractivity contribution in [1.82, 2.24) is 10.1 Å². The molecule has 2 rings (SSSR count). The zero-order chi connectivity index (χ0) is 15.2. The van der Waals surface area contributed by atoms with Gasteiger partial charge in [0.25, 0.3) is 12.3 Å². The molecule has 0 aliphatic rings. The first kappa shape index (κ1) is 15.0. The normalized spacial score (nSPS) is 11.0. The van der Waals surface area contributed by atoms with Gasteiger partial charge in [0.1, 0.15) is 6.61 Å². The molecule has 21 heavy (non-hydrogen) atoms. The van der Waals surface area contributed by atoms with Crippen LogP contribution in [0.5, 0.6) is 0 Å². The van der Waals surface area contributed by atoms with E-state index < -0.39 is 19.0 Å². The molecule has 0 saturated carbocycles. The van der Waals surface area contributed by atoms with E-state index in [-0.39, 0.29) is 24.5 Å². The Morgan fingerprint density at radius 3 is 2.67 bits per heavy atom. The standard InChI is InChI=1S/C13H12F2N2O4/c14-10(15)7-20-6-5-11-16-12(21-17-11)8-1-3-9(4-2-8)13(18)19/h1-4,10H,5-7H2,(H,18,19). The molecule has 0 atom stereocenters. The Labute approximate surface area is 118 Å². The number of carbonyl (C=O) groups is 1. The molecule has 8 heteroatoms. The van der Waals surface area contributed by atoms with E-state index in [2.05, 4.69) is 10.1 Å². The lowest BCUT2D eigenvalue weighted by molar-refractivity contribution is 0.0182. The van der Waals surface area contributed by atoms with Crippen LogP contribution in [-0.4, -0.2) is 40.9 Å². The predicted molar refractivity (Wildman–Crippen MR) is 67.2 cm³/mol. The first-order valence-corrected chi connectivity index (χ1v) is 6.08. The second-order valence-corrected chi connectivity index (χ2v) is 4.11. The fourth-order valence-corrected chi connectivity index (χ4v) is 1.56. The number of ether oxygens (including phenoxy) is 1. The topological polar surface area (TPSA) is 85.5 Å². The molecule has 1 aromatic carbocycles. The molecule has 2 aromatic rings. The van der Waals surface area contributed by atoms with Gasteiger partial charge < -0.3 is 14.4 Å². The Bertz CT molecular complexity index is 598. The average Bonchev–Trinajstić information content (AvgIpc) is 2.92. The fourth-order valence-electron chi connectivity index (χ4n) is 1.56. The van der Waals surface area contributed by atoms with Gasteiger partial charge >= 0.3 is 5.97 Å². The van der Waals surface area contributed by atoms with E-state index in [0.717, 1.165) is 0 Å². The SMILES string of the molecule is O=C(O)c1ccc(-c2nc(CCOCC(F)F)no2)cc1. The van der Waals surface area contributed by atoms with Crippen molar-refractivity contribution >= 4 is 5.97 Å². The minimum Gasteiger partial charge on any atom is -0.478 e. The smallest absolute Gasteiger partial charge is 0.335 e. The number of carboxylic acid groups (broad SMARTS) is 1. The summed E-state index contributed by atoms with van der Waals surface area (Å²) < 4.78 is 33.5. The van der Waals surface area contributed by atoms with E-state index in [9.17, 15) is 13.6 Å². The predicted octanol–water partition coefficient (Wildman–Crippen LogP) is 2.26. The van der Waals surface area contributed by atoms with Gasteiger partial charge in [-0.25, -0.2) is 13.6 Å². The second-order valence-electron chi connectivity index (χ2n) is 4.11. The fraction of sp³-hybridized carbons (Fsp3) is 0.308. The quantitative estimate of drug-likeness (QED) is 0.789. The van der Waals surface area contributed by atoms with E-state index in [1.165, 1.54) is 12.1 Å². The summed E-state index contributed by atoms with van der Waals surface area (Å²) in [5, 5.41) is 12.5. The van der Waals surface area contributed by atoms with E-state index in [4.69, 9.17) is 14.4 Å². The third-order valence-corrected chi connectivity index (χ3v) is 2.56. The molecule has 0 aliphatic carbocycles. The Morgan fingerprint density at radius 2 is 2.05 bits per heavy atom. The molecule has 0 saturated heterocycles. The number of aromatic carboxylic acids is 1. The summed E-state index contributed by atoms with van der Waals surface area (Å²) in [6.45, 7) is -0.553. The number of hydrogen-bond acceptors (Lipinski definition) is 5. The number of alkyl halides is 2. The van der Waals surface area contributed by atoms with Crippen molar-refractivity contribution in [1.29, 1.82) is 0 Å². The Hall–Kier alpha value is -2.35. The minimum absolute atomic E-state index is 0.0707. The van der Waals surface area contributed by atoms with E-state index in [0.29, 0.717) is 11.4 Å². The molecule has 0 fully saturated rings. The summed E-state index contributed by atoms with van der Waals surface area (Å²) in [4.78, 5) is 14.8. The Kier molecular flexibility index (Phi) is 4.94. The molecule has 0 spiro atoms. The number of benzene rings is 1. The molecule has 0 amide bonds. The number of carboxylic acids is 1. The largest absolute Gasteiger partial charge is 0.478 e. The van der Waals surface area contributed by atoms with Crippen LogP contribution in [0.4, 0.5) is 8.78 Å². The maximum atomic E-state index is 11.9. The first-order chi connectivity index (χ1) is 10.1. The molecular formula is C13H12F2N2O4. The summed E-state index contributed by atoms with van der Waals surface area (Å²) in [6, 6.07) is 5.95. The van der Waals surface area contributed by atoms with Gasteiger partial charge in [-0.2, -0.15) is 4.98 Å². The maximum Gasteiger partial charge on any atom is 0.335 e. The van der Waals surface area contributed by atoms with Crippen LogP contribution in [0.15, 0.2) is 28.8 Å². The highest BCUT2D eigenvalue weighted by molar-refractivity contribution is 5.88. The summed E-state index contributed by atoms with van der Waals surface area (Å²) in [5.41, 5.74) is 0.728. The van der Waals surface area contributed by atoms with E-state index in [1.54, 1.807) is 12.1 Å². The number of aromatic nitrogens is 2. The molecule has 1 N–H and O–H groups in total. The summed E-state index contributed by atoms with van der Waals surface area (Å²) in [7, 11) is 0. The number of hydrogen-bond donors (Lipinski definition) is 1. The first-order valence-electron chi connectivity index (χ1n) is 6.08. The summed E-state index contributed by atoms with van der Waals surface area (Å²) in [6.07, 6.45) is -2.25. The lowest BCUT2D eigenvalue weighted by Gasteiger charge is -1.99. The van der Waals surface area contributed by atoms with Gasteiger partial charge in [-0.05, 0) is 24.3 Å². The van der Waals surface area contributed by atoms with Crippen LogP contribution in [0, 0.1) is 0 Å². The number of rotatable bonds is 7. The lowest BCUT2D eigenvalue weighted by atomic mass is 10.1. The molecule has 1 heterocycles. The van der Waals surface area contributed by atoms with Crippen molar-refractivity contribution < 1.29 is 27.9 Å². The van der Waals surface area contributed by atoms with Crippen LogP contribution < -0.4 is 0 Å². The van der Waals surface area contributed by atoms with Crippen molar-refractivity contribution in [2.24, 2.45) is 0 Å². The van der Waals surface area contributed by atoms with Crippen LogP contribution in [0.1, 0.15) is 16.2 Å². The molecule has 0 aliphatic heterocycles. The van der Waals surface area contributed by atoms with Gasteiger partial charge in [0.15, 0.2) is 5.82 Å². The van der Waals surface area contributed by atoms with Crippen molar-refractivity contribution in [2.75, 3.05) is 13.2 Å². The number of halogens is 2. The average molecular weight is 298 g/mol. The molecule has 0 bridgehead atoms. The summed E-state index contributed by atoms with van der Waals surface area (Å²) >= 11 is 0. The van der Waals surface area contributed by atoms with Crippen molar-refractivity contribution in [3.05, 3.63) is 35.7 Å². The third kappa shape index (κ3) is 4.32. The van der Waals surface area contributed by atoms with E-state index in [1.807, 2.05) is 0 Å². The van der Waals surface area contributed by atoms with Crippen molar-refractivity contribution in [3.8, 4) is 11.5 Å². The van der Waals surface area contributed by atoms with Crippen LogP contribution in [0.2, 0.25) is 0 Å². The number of nitrogens with zero attached hydrogens (tertiary/aromatic N) is 2. The molecular weight excluding hydrogens is 286 g/mol. The van der Waals surface area contributed by atoms with Crippen LogP contribution in [0.25, 0.3) is 11.5 Å². The van der Waals surface area contributed by atoms with Crippen LogP contribution >= 0.6 is 0 Å². The lowest BCUT2D eigenvalue weighted by Crippen LogP contribution is -2.07. The molecule has 0 unspecified atom stereocenters. The molecule has 112 valence electrons.